The Bertz CT molecular complexity index is 298. The average Bonchev–Trinajstić information content (AvgIpc) is 2.63. The topological polar surface area (TPSA) is 52.9 Å². The van der Waals surface area contributed by atoms with Crippen LogP contribution in [0.3, 0.4) is 0 Å². The van der Waals surface area contributed by atoms with Crippen molar-refractivity contribution in [1.82, 2.24) is 5.32 Å². The van der Waals surface area contributed by atoms with Gasteiger partial charge in [-0.1, -0.05) is 6.92 Å². The fourth-order valence-electron chi connectivity index (χ4n) is 1.19. The standard InChI is InChI=1S/C9H12F2N2O/c1-3-6(4-12)13-7(14)8(2)5-9(8,10)11/h6H,3,5H2,1-2H3,(H,13,14)/t6-,8?/m1/s1. The van der Waals surface area contributed by atoms with Crippen LogP contribution in [0.5, 0.6) is 0 Å². The van der Waals surface area contributed by atoms with E-state index in [-0.39, 0.29) is 0 Å². The van der Waals surface area contributed by atoms with Gasteiger partial charge >= 0.3 is 0 Å². The van der Waals surface area contributed by atoms with Crippen molar-refractivity contribution in [2.75, 3.05) is 0 Å². The highest BCUT2D eigenvalue weighted by Gasteiger charge is 2.72. The van der Waals surface area contributed by atoms with Crippen LogP contribution in [0.1, 0.15) is 26.7 Å². The van der Waals surface area contributed by atoms with Crippen molar-refractivity contribution in [2.45, 2.75) is 38.7 Å². The Kier molecular flexibility index (Phi) is 2.49. The van der Waals surface area contributed by atoms with E-state index in [1.165, 1.54) is 6.92 Å². The molecule has 0 aromatic carbocycles. The number of rotatable bonds is 3. The van der Waals surface area contributed by atoms with Crippen LogP contribution in [-0.2, 0) is 4.79 Å². The molecule has 1 aliphatic rings. The minimum absolute atomic E-state index is 0.421. The maximum atomic E-state index is 12.7. The van der Waals surface area contributed by atoms with E-state index in [1.807, 2.05) is 6.07 Å². The molecule has 0 spiro atoms. The number of hydrogen-bond donors (Lipinski definition) is 1. The average molecular weight is 202 g/mol. The molecule has 0 aromatic rings. The molecule has 0 bridgehead atoms. The highest BCUT2D eigenvalue weighted by atomic mass is 19.3. The lowest BCUT2D eigenvalue weighted by molar-refractivity contribution is -0.129. The predicted octanol–water partition coefficient (Wildman–Crippen LogP) is 1.45. The van der Waals surface area contributed by atoms with E-state index in [4.69, 9.17) is 5.26 Å². The zero-order valence-electron chi connectivity index (χ0n) is 8.10. The van der Waals surface area contributed by atoms with Gasteiger partial charge in [-0.3, -0.25) is 4.79 Å². The molecule has 0 radical (unpaired) electrons. The molecule has 1 fully saturated rings. The zero-order valence-corrected chi connectivity index (χ0v) is 8.10. The fraction of sp³-hybridized carbons (Fsp3) is 0.778. The first-order valence-electron chi connectivity index (χ1n) is 4.46. The van der Waals surface area contributed by atoms with Crippen LogP contribution < -0.4 is 5.32 Å². The van der Waals surface area contributed by atoms with E-state index in [1.54, 1.807) is 6.92 Å². The largest absolute Gasteiger partial charge is 0.340 e. The van der Waals surface area contributed by atoms with Crippen molar-refractivity contribution >= 4 is 5.91 Å². The molecule has 1 amide bonds. The van der Waals surface area contributed by atoms with Crippen molar-refractivity contribution < 1.29 is 13.6 Å². The van der Waals surface area contributed by atoms with Crippen LogP contribution >= 0.6 is 0 Å². The Morgan fingerprint density at radius 3 is 2.50 bits per heavy atom. The van der Waals surface area contributed by atoms with Gasteiger partial charge in [0.15, 0.2) is 0 Å². The van der Waals surface area contributed by atoms with Gasteiger partial charge in [-0.25, -0.2) is 8.78 Å². The van der Waals surface area contributed by atoms with Crippen LogP contribution in [0.2, 0.25) is 0 Å². The van der Waals surface area contributed by atoms with Gasteiger partial charge in [0.1, 0.15) is 11.5 Å². The van der Waals surface area contributed by atoms with Crippen molar-refractivity contribution in [1.29, 1.82) is 5.26 Å². The SMILES string of the molecule is CC[C@H](C#N)NC(=O)C1(C)CC1(F)F. The monoisotopic (exact) mass is 202 g/mol. The van der Waals surface area contributed by atoms with Gasteiger partial charge in [-0.2, -0.15) is 5.26 Å². The van der Waals surface area contributed by atoms with Crippen molar-refractivity contribution in [3.63, 3.8) is 0 Å². The van der Waals surface area contributed by atoms with Gasteiger partial charge < -0.3 is 5.32 Å². The van der Waals surface area contributed by atoms with Gasteiger partial charge in [-0.15, -0.1) is 0 Å². The quantitative estimate of drug-likeness (QED) is 0.753. The number of halogens is 2. The first kappa shape index (κ1) is 10.9. The van der Waals surface area contributed by atoms with E-state index < -0.39 is 29.7 Å². The van der Waals surface area contributed by atoms with E-state index >= 15 is 0 Å². The first-order chi connectivity index (χ1) is 6.37. The number of nitriles is 1. The zero-order chi connectivity index (χ0) is 11.0. The third-order valence-corrected chi connectivity index (χ3v) is 2.63. The van der Waals surface area contributed by atoms with Gasteiger partial charge in [0.2, 0.25) is 5.91 Å². The smallest absolute Gasteiger partial charge is 0.263 e. The number of carbonyl (C=O) groups excluding carboxylic acids is 1. The minimum Gasteiger partial charge on any atom is -0.340 e. The Labute approximate surface area is 81.1 Å². The van der Waals surface area contributed by atoms with Gasteiger partial charge in [0.05, 0.1) is 6.07 Å². The highest BCUT2D eigenvalue weighted by molar-refractivity contribution is 5.87. The summed E-state index contributed by atoms with van der Waals surface area (Å²) in [4.78, 5) is 11.3. The molecular formula is C9H12F2N2O. The second-order valence-electron chi connectivity index (χ2n) is 3.78. The van der Waals surface area contributed by atoms with Crippen LogP contribution in [0.15, 0.2) is 0 Å². The lowest BCUT2D eigenvalue weighted by Crippen LogP contribution is -2.39. The van der Waals surface area contributed by atoms with Crippen molar-refractivity contribution in [2.24, 2.45) is 5.41 Å². The van der Waals surface area contributed by atoms with Crippen molar-refractivity contribution in [3.05, 3.63) is 0 Å². The van der Waals surface area contributed by atoms with E-state index in [2.05, 4.69) is 5.32 Å². The molecule has 1 aliphatic carbocycles. The predicted molar refractivity (Wildman–Crippen MR) is 45.5 cm³/mol. The summed E-state index contributed by atoms with van der Waals surface area (Å²) in [5.41, 5.74) is -1.60. The summed E-state index contributed by atoms with van der Waals surface area (Å²) in [6.07, 6.45) is -0.00239. The van der Waals surface area contributed by atoms with Crippen LogP contribution in [0.4, 0.5) is 8.78 Å². The lowest BCUT2D eigenvalue weighted by atomic mass is 10.1. The Balaban J connectivity index is 2.58. The highest BCUT2D eigenvalue weighted by Crippen LogP contribution is 2.60. The Morgan fingerprint density at radius 2 is 2.21 bits per heavy atom. The van der Waals surface area contributed by atoms with Crippen LogP contribution in [0.25, 0.3) is 0 Å². The number of amides is 1. The van der Waals surface area contributed by atoms with E-state index in [0.29, 0.717) is 6.42 Å². The molecule has 5 heteroatoms. The van der Waals surface area contributed by atoms with E-state index in [9.17, 15) is 13.6 Å². The van der Waals surface area contributed by atoms with Gasteiger partial charge in [0.25, 0.3) is 5.92 Å². The molecule has 0 heterocycles. The molecule has 78 valence electrons. The number of alkyl halides is 2. The minimum atomic E-state index is -2.91. The third-order valence-electron chi connectivity index (χ3n) is 2.63. The summed E-state index contributed by atoms with van der Waals surface area (Å²) in [5.74, 6) is -3.64. The summed E-state index contributed by atoms with van der Waals surface area (Å²) in [6.45, 7) is 2.92. The number of hydrogen-bond acceptors (Lipinski definition) is 2. The molecule has 1 unspecified atom stereocenters. The second-order valence-corrected chi connectivity index (χ2v) is 3.78. The second kappa shape index (κ2) is 3.19. The lowest BCUT2D eigenvalue weighted by Gasteiger charge is -2.13. The maximum absolute atomic E-state index is 12.7. The summed E-state index contributed by atoms with van der Waals surface area (Å²) in [7, 11) is 0. The molecule has 1 rings (SSSR count). The summed E-state index contributed by atoms with van der Waals surface area (Å²) < 4.78 is 25.5. The summed E-state index contributed by atoms with van der Waals surface area (Å²) >= 11 is 0. The third kappa shape index (κ3) is 1.57. The molecule has 0 aliphatic heterocycles. The number of nitrogens with one attached hydrogen (secondary N) is 1. The molecule has 1 saturated carbocycles. The van der Waals surface area contributed by atoms with Gasteiger partial charge in [0, 0.05) is 6.42 Å². The van der Waals surface area contributed by atoms with E-state index in [0.717, 1.165) is 0 Å². The summed E-state index contributed by atoms with van der Waals surface area (Å²) in [6, 6.07) is 1.16. The molecule has 14 heavy (non-hydrogen) atoms. The summed E-state index contributed by atoms with van der Waals surface area (Å²) in [5, 5.41) is 10.8. The number of carbonyl (C=O) groups is 1. The normalized spacial score (nSPS) is 30.2. The van der Waals surface area contributed by atoms with Crippen LogP contribution in [0, 0.1) is 16.7 Å². The molecular weight excluding hydrogens is 190 g/mol. The Morgan fingerprint density at radius 1 is 1.71 bits per heavy atom. The number of nitrogens with zero attached hydrogens (tertiary/aromatic N) is 1. The molecule has 3 nitrogen and oxygen atoms in total. The molecule has 0 aromatic heterocycles. The van der Waals surface area contributed by atoms with Crippen LogP contribution in [-0.4, -0.2) is 17.9 Å². The molecule has 0 saturated heterocycles. The Hall–Kier alpha value is -1.18. The fourth-order valence-corrected chi connectivity index (χ4v) is 1.19. The van der Waals surface area contributed by atoms with Gasteiger partial charge in [-0.05, 0) is 13.3 Å². The molecule has 1 N–H and O–H groups in total. The maximum Gasteiger partial charge on any atom is 0.263 e. The van der Waals surface area contributed by atoms with Crippen molar-refractivity contribution in [3.8, 4) is 6.07 Å². The first-order valence-corrected chi connectivity index (χ1v) is 4.46. The molecule has 2 atom stereocenters.